The van der Waals surface area contributed by atoms with Crippen molar-refractivity contribution >= 4 is 11.8 Å². The largest absolute Gasteiger partial charge is 0.383 e. The van der Waals surface area contributed by atoms with Gasteiger partial charge in [0.1, 0.15) is 0 Å². The third-order valence-corrected chi connectivity index (χ3v) is 2.47. The Hall–Kier alpha value is -1.10. The minimum atomic E-state index is -0.0504. The van der Waals surface area contributed by atoms with Crippen LogP contribution in [0.2, 0.25) is 0 Å². The number of carbonyl (C=O) groups is 2. The number of hydrogen-bond acceptors (Lipinski definition) is 3. The van der Waals surface area contributed by atoms with E-state index in [1.807, 2.05) is 0 Å². The molecule has 2 fully saturated rings. The molecule has 1 aliphatic carbocycles. The second-order valence-electron chi connectivity index (χ2n) is 3.41. The Labute approximate surface area is 76.0 Å². The number of hydrogen-bond donors (Lipinski definition) is 1. The topological polar surface area (TPSA) is 58.6 Å². The summed E-state index contributed by atoms with van der Waals surface area (Å²) in [7, 11) is 1.57. The molecule has 2 aliphatic rings. The molecule has 5 heteroatoms. The van der Waals surface area contributed by atoms with Gasteiger partial charge in [0.25, 0.3) is 0 Å². The first-order valence-corrected chi connectivity index (χ1v) is 4.35. The van der Waals surface area contributed by atoms with Crippen LogP contribution in [0, 0.1) is 11.8 Å². The molecule has 13 heavy (non-hydrogen) atoms. The summed E-state index contributed by atoms with van der Waals surface area (Å²) in [5, 5.41) is 1.36. The van der Waals surface area contributed by atoms with Crippen molar-refractivity contribution in [1.82, 2.24) is 10.4 Å². The molecule has 2 atom stereocenters. The zero-order valence-electron chi connectivity index (χ0n) is 7.45. The maximum absolute atomic E-state index is 11.5. The summed E-state index contributed by atoms with van der Waals surface area (Å²) in [4.78, 5) is 22.7. The maximum atomic E-state index is 11.5. The van der Waals surface area contributed by atoms with Gasteiger partial charge in [0.05, 0.1) is 25.0 Å². The van der Waals surface area contributed by atoms with Crippen molar-refractivity contribution in [3.05, 3.63) is 0 Å². The Bertz CT molecular complexity index is 254. The van der Waals surface area contributed by atoms with Gasteiger partial charge in [-0.15, -0.1) is 0 Å². The smallest absolute Gasteiger partial charge is 0.244 e. The van der Waals surface area contributed by atoms with Gasteiger partial charge in [-0.2, -0.15) is 0 Å². The molecule has 1 saturated heterocycles. The van der Waals surface area contributed by atoms with E-state index in [9.17, 15) is 9.59 Å². The van der Waals surface area contributed by atoms with Gasteiger partial charge in [-0.05, 0) is 6.42 Å². The first kappa shape index (κ1) is 8.50. The van der Waals surface area contributed by atoms with Gasteiger partial charge in [-0.1, -0.05) is 0 Å². The number of nitrogens with one attached hydrogen (secondary N) is 1. The van der Waals surface area contributed by atoms with Crippen molar-refractivity contribution < 1.29 is 14.3 Å². The second-order valence-corrected chi connectivity index (χ2v) is 3.41. The molecule has 0 radical (unpaired) electrons. The molecule has 72 valence electrons. The molecule has 1 aliphatic heterocycles. The van der Waals surface area contributed by atoms with Crippen LogP contribution in [0.4, 0.5) is 0 Å². The standard InChI is InChI=1S/C8H12N2O3/c1-13-3-2-10-8(12)6-4-5(6)7(11)9-10/h5-6H,2-4H2,1H3,(H,9,11)/t5-,6+/m1/s1. The SMILES string of the molecule is COCCN1NC(=O)[C@@H]2C[C@@H]2C1=O. The quantitative estimate of drug-likeness (QED) is 0.621. The first-order chi connectivity index (χ1) is 6.24. The molecule has 0 bridgehead atoms. The van der Waals surface area contributed by atoms with Crippen molar-refractivity contribution in [2.24, 2.45) is 11.8 Å². The minimum Gasteiger partial charge on any atom is -0.383 e. The van der Waals surface area contributed by atoms with Crippen LogP contribution < -0.4 is 5.43 Å². The Morgan fingerprint density at radius 1 is 1.54 bits per heavy atom. The van der Waals surface area contributed by atoms with E-state index in [0.717, 1.165) is 0 Å². The van der Waals surface area contributed by atoms with E-state index in [-0.39, 0.29) is 23.7 Å². The molecule has 0 spiro atoms. The summed E-state index contributed by atoms with van der Waals surface area (Å²) in [6, 6.07) is 0. The van der Waals surface area contributed by atoms with E-state index in [1.54, 1.807) is 7.11 Å². The highest BCUT2D eigenvalue weighted by atomic mass is 16.5. The van der Waals surface area contributed by atoms with Gasteiger partial charge in [0.15, 0.2) is 0 Å². The van der Waals surface area contributed by atoms with Crippen LogP contribution in [0.1, 0.15) is 6.42 Å². The van der Waals surface area contributed by atoms with E-state index >= 15 is 0 Å². The van der Waals surface area contributed by atoms with Crippen molar-refractivity contribution in [1.29, 1.82) is 0 Å². The number of rotatable bonds is 3. The highest BCUT2D eigenvalue weighted by Gasteiger charge is 2.53. The highest BCUT2D eigenvalue weighted by molar-refractivity contribution is 5.97. The van der Waals surface area contributed by atoms with Gasteiger partial charge in [-0.3, -0.25) is 20.0 Å². The predicted molar refractivity (Wildman–Crippen MR) is 43.3 cm³/mol. The van der Waals surface area contributed by atoms with Crippen LogP contribution in [0.15, 0.2) is 0 Å². The van der Waals surface area contributed by atoms with Gasteiger partial charge < -0.3 is 4.74 Å². The van der Waals surface area contributed by atoms with Gasteiger partial charge >= 0.3 is 0 Å². The fourth-order valence-electron chi connectivity index (χ4n) is 1.58. The Morgan fingerprint density at radius 3 is 3.00 bits per heavy atom. The summed E-state index contributed by atoms with van der Waals surface area (Å²) in [6.07, 6.45) is 0.716. The highest BCUT2D eigenvalue weighted by Crippen LogP contribution is 2.42. The Morgan fingerprint density at radius 2 is 2.31 bits per heavy atom. The number of nitrogens with zero attached hydrogens (tertiary/aromatic N) is 1. The molecule has 0 aromatic rings. The van der Waals surface area contributed by atoms with Gasteiger partial charge in [0, 0.05) is 7.11 Å². The van der Waals surface area contributed by atoms with Crippen LogP contribution >= 0.6 is 0 Å². The first-order valence-electron chi connectivity index (χ1n) is 4.35. The number of ether oxygens (including phenoxy) is 1. The van der Waals surface area contributed by atoms with E-state index in [2.05, 4.69) is 5.43 Å². The fourth-order valence-corrected chi connectivity index (χ4v) is 1.58. The van der Waals surface area contributed by atoms with Crippen LogP contribution in [-0.4, -0.2) is 37.1 Å². The van der Waals surface area contributed by atoms with Crippen LogP contribution in [0.5, 0.6) is 0 Å². The number of amides is 2. The van der Waals surface area contributed by atoms with Crippen molar-refractivity contribution in [2.45, 2.75) is 6.42 Å². The molecule has 1 heterocycles. The summed E-state index contributed by atoms with van der Waals surface area (Å²) in [5.41, 5.74) is 2.56. The Kier molecular flexibility index (Phi) is 1.95. The average molecular weight is 184 g/mol. The third kappa shape index (κ3) is 1.39. The molecule has 0 aromatic heterocycles. The van der Waals surface area contributed by atoms with E-state index in [4.69, 9.17) is 4.74 Å². The van der Waals surface area contributed by atoms with Crippen molar-refractivity contribution in [3.8, 4) is 0 Å². The van der Waals surface area contributed by atoms with Crippen molar-refractivity contribution in [3.63, 3.8) is 0 Å². The molecule has 0 aromatic carbocycles. The predicted octanol–water partition coefficient (Wildman–Crippen LogP) is -0.858. The van der Waals surface area contributed by atoms with Crippen LogP contribution in [-0.2, 0) is 14.3 Å². The molecule has 1 saturated carbocycles. The van der Waals surface area contributed by atoms with Gasteiger partial charge in [-0.25, -0.2) is 0 Å². The van der Waals surface area contributed by atoms with Gasteiger partial charge in [0.2, 0.25) is 11.8 Å². The lowest BCUT2D eigenvalue weighted by molar-refractivity contribution is -0.148. The summed E-state index contributed by atoms with van der Waals surface area (Å²) in [5.74, 6) is -0.0979. The zero-order valence-corrected chi connectivity index (χ0v) is 7.45. The average Bonchev–Trinajstić information content (AvgIpc) is 2.88. The second kappa shape index (κ2) is 2.99. The summed E-state index contributed by atoms with van der Waals surface area (Å²) < 4.78 is 4.83. The lowest BCUT2D eigenvalue weighted by atomic mass is 10.2. The minimum absolute atomic E-state index is 0.0271. The zero-order chi connectivity index (χ0) is 9.42. The van der Waals surface area contributed by atoms with E-state index < -0.39 is 0 Å². The van der Waals surface area contributed by atoms with Crippen molar-refractivity contribution in [2.75, 3.05) is 20.3 Å². The fraction of sp³-hybridized carbons (Fsp3) is 0.750. The normalized spacial score (nSPS) is 31.3. The lowest BCUT2D eigenvalue weighted by Crippen LogP contribution is -2.52. The van der Waals surface area contributed by atoms with E-state index in [1.165, 1.54) is 5.01 Å². The number of fused-ring (bicyclic) bond motifs is 1. The molecule has 2 amide bonds. The van der Waals surface area contributed by atoms with Crippen LogP contribution in [0.25, 0.3) is 0 Å². The molecule has 5 nitrogen and oxygen atoms in total. The Balaban J connectivity index is 1.95. The van der Waals surface area contributed by atoms with Crippen LogP contribution in [0.3, 0.4) is 0 Å². The van der Waals surface area contributed by atoms with E-state index in [0.29, 0.717) is 19.6 Å². The third-order valence-electron chi connectivity index (χ3n) is 2.47. The molecular weight excluding hydrogens is 172 g/mol. The molecular formula is C8H12N2O3. The lowest BCUT2D eigenvalue weighted by Gasteiger charge is -2.26. The maximum Gasteiger partial charge on any atom is 0.244 e. The number of hydrazine groups is 1. The summed E-state index contributed by atoms with van der Waals surface area (Å²) in [6.45, 7) is 0.883. The molecule has 1 N–H and O–H groups in total. The monoisotopic (exact) mass is 184 g/mol. The molecule has 0 unspecified atom stereocenters. The number of methoxy groups -OCH3 is 1. The molecule has 2 rings (SSSR count). The summed E-state index contributed by atoms with van der Waals surface area (Å²) >= 11 is 0. The number of carbonyl (C=O) groups excluding carboxylic acids is 2.